The Morgan fingerprint density at radius 1 is 0.146 bits per heavy atom. The summed E-state index contributed by atoms with van der Waals surface area (Å²) >= 11 is 9.41. The van der Waals surface area contributed by atoms with Gasteiger partial charge >= 0.3 is 0 Å². The summed E-state index contributed by atoms with van der Waals surface area (Å²) in [5.74, 6) is 0. The van der Waals surface area contributed by atoms with Crippen molar-refractivity contribution in [2.45, 2.75) is 0 Å². The van der Waals surface area contributed by atoms with Crippen molar-refractivity contribution < 1.29 is 0 Å². The summed E-state index contributed by atoms with van der Waals surface area (Å²) in [6.45, 7) is 0. The van der Waals surface area contributed by atoms with Crippen LogP contribution >= 0.6 is 56.7 Å². The number of fused-ring (bicyclic) bond motifs is 15. The van der Waals surface area contributed by atoms with Crippen molar-refractivity contribution in [3.05, 3.63) is 352 Å². The maximum Gasteiger partial charge on any atom is 0.0462 e. The smallest absolute Gasteiger partial charge is 0.0462 e. The van der Waals surface area contributed by atoms with Crippen molar-refractivity contribution in [2.24, 2.45) is 0 Å². The molecular formula is C96H58N2S5. The van der Waals surface area contributed by atoms with E-state index >= 15 is 0 Å². The van der Waals surface area contributed by atoms with Gasteiger partial charge in [0.1, 0.15) is 0 Å². The molecule has 5 aromatic heterocycles. The highest BCUT2D eigenvalue weighted by atomic mass is 32.1. The fourth-order valence-corrected chi connectivity index (χ4v) is 21.9. The molecule has 7 heteroatoms. The minimum atomic E-state index is 1.09. The van der Waals surface area contributed by atoms with Crippen LogP contribution in [0, 0.1) is 0 Å². The molecule has 0 saturated heterocycles. The molecule has 21 aromatic rings. The molecule has 103 heavy (non-hydrogen) atoms. The van der Waals surface area contributed by atoms with Crippen LogP contribution in [-0.2, 0) is 0 Å². The predicted molar refractivity (Wildman–Crippen MR) is 453 cm³/mol. The van der Waals surface area contributed by atoms with E-state index in [0.717, 1.165) is 34.1 Å². The fourth-order valence-electron chi connectivity index (χ4n) is 15.8. The Morgan fingerprint density at radius 2 is 0.398 bits per heavy atom. The molecule has 0 atom stereocenters. The highest BCUT2D eigenvalue weighted by Crippen LogP contribution is 2.50. The molecule has 482 valence electrons. The topological polar surface area (TPSA) is 6.48 Å². The van der Waals surface area contributed by atoms with Crippen LogP contribution in [0.2, 0.25) is 0 Å². The molecule has 0 amide bonds. The van der Waals surface area contributed by atoms with E-state index in [1.54, 1.807) is 0 Å². The summed E-state index contributed by atoms with van der Waals surface area (Å²) in [4.78, 5) is 4.78. The van der Waals surface area contributed by atoms with Crippen LogP contribution in [0.3, 0.4) is 0 Å². The number of thiophene rings is 5. The first-order valence-electron chi connectivity index (χ1n) is 34.8. The maximum atomic E-state index is 2.44. The number of rotatable bonds is 12. The third-order valence-electron chi connectivity index (χ3n) is 20.7. The Morgan fingerprint density at radius 3 is 0.757 bits per heavy atom. The summed E-state index contributed by atoms with van der Waals surface area (Å²) in [5.41, 5.74) is 21.3. The first kappa shape index (κ1) is 60.0. The molecule has 0 aliphatic carbocycles. The molecule has 0 aliphatic rings. The molecule has 2 nitrogen and oxygen atoms in total. The molecule has 0 N–H and O–H groups in total. The van der Waals surface area contributed by atoms with Gasteiger partial charge in [0, 0.05) is 141 Å². The quantitative estimate of drug-likeness (QED) is 0.120. The largest absolute Gasteiger partial charge is 0.311 e. The number of benzene rings is 16. The molecule has 0 bridgehead atoms. The Hall–Kier alpha value is -11.8. The third kappa shape index (κ3) is 10.1. The Balaban J connectivity index is 0.623. The molecule has 0 saturated carbocycles. The van der Waals surface area contributed by atoms with Gasteiger partial charge in [0.25, 0.3) is 0 Å². The Bertz CT molecular complexity index is 6740. The second-order valence-electron chi connectivity index (χ2n) is 26.6. The van der Waals surface area contributed by atoms with Crippen LogP contribution in [0.25, 0.3) is 168 Å². The number of para-hydroxylation sites is 1. The number of anilines is 6. The van der Waals surface area contributed by atoms with Gasteiger partial charge in [-0.25, -0.2) is 0 Å². The number of nitrogens with zero attached hydrogens (tertiary/aromatic N) is 2. The number of hydrogen-bond acceptors (Lipinski definition) is 7. The summed E-state index contributed by atoms with van der Waals surface area (Å²) in [7, 11) is 0. The zero-order chi connectivity index (χ0) is 67.6. The Kier molecular flexibility index (Phi) is 14.3. The van der Waals surface area contributed by atoms with Crippen molar-refractivity contribution in [3.8, 4) is 66.8 Å². The second kappa shape index (κ2) is 24.5. The van der Waals surface area contributed by atoms with E-state index in [1.807, 2.05) is 56.7 Å². The van der Waals surface area contributed by atoms with Crippen molar-refractivity contribution in [1.82, 2.24) is 0 Å². The van der Waals surface area contributed by atoms with Gasteiger partial charge in [-0.3, -0.25) is 0 Å². The van der Waals surface area contributed by atoms with E-state index in [4.69, 9.17) is 0 Å². The SMILES string of the molecule is c1ccc(N(c2ccc(-c3cccc4c3sc3ccccc34)cc2)c2ccc(-c3cccc4c3sc3ccc(-c5cc(-c6ccc(N(c7ccc(-c8cccc9c8sc8ccccc89)cc7)c7ccc(-c8cccc9c8sc8ccccc89)cc7)cc6)c6sc7ccccc7c6c5)cc34)cc2)cc1. The zero-order valence-corrected chi connectivity index (χ0v) is 59.5. The summed E-state index contributed by atoms with van der Waals surface area (Å²) in [6.07, 6.45) is 0. The minimum Gasteiger partial charge on any atom is -0.311 e. The van der Waals surface area contributed by atoms with E-state index in [9.17, 15) is 0 Å². The van der Waals surface area contributed by atoms with Gasteiger partial charge in [-0.2, -0.15) is 0 Å². The lowest BCUT2D eigenvalue weighted by Crippen LogP contribution is -2.09. The molecule has 5 heterocycles. The van der Waals surface area contributed by atoms with Gasteiger partial charge in [-0.05, 0) is 183 Å². The first-order valence-corrected chi connectivity index (χ1v) is 38.9. The van der Waals surface area contributed by atoms with Gasteiger partial charge < -0.3 is 9.80 Å². The lowest BCUT2D eigenvalue weighted by Gasteiger charge is -2.26. The van der Waals surface area contributed by atoms with Gasteiger partial charge in [0.15, 0.2) is 0 Å². The monoisotopic (exact) mass is 1400 g/mol. The van der Waals surface area contributed by atoms with Crippen molar-refractivity contribution in [2.75, 3.05) is 9.80 Å². The van der Waals surface area contributed by atoms with Gasteiger partial charge in [-0.1, -0.05) is 231 Å². The zero-order valence-electron chi connectivity index (χ0n) is 55.4. The molecule has 0 spiro atoms. The van der Waals surface area contributed by atoms with Crippen LogP contribution in [0.1, 0.15) is 0 Å². The average molecular weight is 1400 g/mol. The summed E-state index contributed by atoms with van der Waals surface area (Å²) < 4.78 is 13.1. The van der Waals surface area contributed by atoms with Crippen molar-refractivity contribution in [1.29, 1.82) is 0 Å². The van der Waals surface area contributed by atoms with Gasteiger partial charge in [0.05, 0.1) is 0 Å². The van der Waals surface area contributed by atoms with Crippen molar-refractivity contribution >= 4 is 192 Å². The van der Waals surface area contributed by atoms with E-state index in [-0.39, 0.29) is 0 Å². The fraction of sp³-hybridized carbons (Fsp3) is 0. The standard InChI is InChI=1S/C96H58N2S5/c1-2-16-66(17-3-1)97(67-45-34-59(35-46-67)72-22-12-26-80-76-18-4-8-30-87(76)99-92(72)80)68-47-36-62(37-48-68)75-25-15-29-83-85-56-64(44-55-91(85)103-95(75)83)65-57-84(96-86(58-65)79-21-7-11-33-90(79)102-96)63-42-53-71(54-43-63)98(69-49-38-60(39-50-69)73-23-13-27-81-77-19-5-9-31-88(77)100-93(73)81)70-51-40-61(41-52-70)74-24-14-28-82-78-20-6-10-32-89(78)101-94(74)82/h1-58H. The van der Waals surface area contributed by atoms with Gasteiger partial charge in [0.2, 0.25) is 0 Å². The van der Waals surface area contributed by atoms with E-state index < -0.39 is 0 Å². The maximum absolute atomic E-state index is 2.44. The summed E-state index contributed by atoms with van der Waals surface area (Å²) in [5, 5.41) is 13.0. The third-order valence-corrected chi connectivity index (χ3v) is 26.8. The average Bonchev–Trinajstić information content (AvgIpc) is 1.65. The molecule has 0 aliphatic heterocycles. The van der Waals surface area contributed by atoms with Crippen LogP contribution in [0.4, 0.5) is 34.1 Å². The predicted octanol–water partition coefficient (Wildman–Crippen LogP) is 30.5. The van der Waals surface area contributed by atoms with Crippen LogP contribution < -0.4 is 9.80 Å². The molecule has 16 aromatic carbocycles. The number of hydrogen-bond donors (Lipinski definition) is 0. The second-order valence-corrected chi connectivity index (χ2v) is 31.8. The van der Waals surface area contributed by atoms with Crippen LogP contribution in [-0.4, -0.2) is 0 Å². The van der Waals surface area contributed by atoms with Crippen LogP contribution in [0.15, 0.2) is 352 Å². The normalized spacial score (nSPS) is 11.9. The van der Waals surface area contributed by atoms with E-state index in [0.29, 0.717) is 0 Å². The molecule has 21 rings (SSSR count). The van der Waals surface area contributed by atoms with E-state index in [2.05, 4.69) is 362 Å². The highest BCUT2D eigenvalue weighted by molar-refractivity contribution is 7.28. The molecule has 0 fully saturated rings. The minimum absolute atomic E-state index is 1.09. The van der Waals surface area contributed by atoms with Crippen molar-refractivity contribution in [3.63, 3.8) is 0 Å². The molecule has 0 radical (unpaired) electrons. The Labute approximate surface area is 615 Å². The molecular weight excluding hydrogens is 1340 g/mol. The molecule has 0 unspecified atom stereocenters. The summed E-state index contributed by atoms with van der Waals surface area (Å²) in [6, 6.07) is 131. The lowest BCUT2D eigenvalue weighted by molar-refractivity contribution is 1.28. The highest BCUT2D eigenvalue weighted by Gasteiger charge is 2.22. The lowest BCUT2D eigenvalue weighted by atomic mass is 9.95. The van der Waals surface area contributed by atoms with Gasteiger partial charge in [-0.15, -0.1) is 56.7 Å². The van der Waals surface area contributed by atoms with E-state index in [1.165, 1.54) is 168 Å². The van der Waals surface area contributed by atoms with Crippen LogP contribution in [0.5, 0.6) is 0 Å². The first-order chi connectivity index (χ1) is 51.0.